The third-order valence-electron chi connectivity index (χ3n) is 1.93. The number of hydrazone groups is 1. The van der Waals surface area contributed by atoms with Crippen LogP contribution in [0.1, 0.15) is 19.4 Å². The number of nitrogens with one attached hydrogen (secondary N) is 2. The molecule has 0 aromatic heterocycles. The molecule has 1 aromatic rings. The molecule has 2 N–H and O–H groups in total. The van der Waals surface area contributed by atoms with E-state index in [1.807, 2.05) is 6.92 Å². The molecule has 86 valence electrons. The molecule has 0 saturated carbocycles. The van der Waals surface area contributed by atoms with Crippen molar-refractivity contribution in [2.75, 3.05) is 6.54 Å². The first-order chi connectivity index (χ1) is 7.65. The van der Waals surface area contributed by atoms with Crippen LogP contribution in [-0.4, -0.2) is 17.4 Å². The lowest BCUT2D eigenvalue weighted by Gasteiger charge is -2.06. The Balaban J connectivity index is 2.71. The molecule has 1 aromatic carbocycles. The lowest BCUT2D eigenvalue weighted by atomic mass is 10.1. The molecule has 0 atom stereocenters. The Morgan fingerprint density at radius 1 is 1.44 bits per heavy atom. The van der Waals surface area contributed by atoms with E-state index in [9.17, 15) is 4.39 Å². The summed E-state index contributed by atoms with van der Waals surface area (Å²) in [5, 5.41) is 7.31. The highest BCUT2D eigenvalue weighted by Gasteiger charge is 2.03. The number of thiocarbonyl (C=S) groups is 1. The van der Waals surface area contributed by atoms with Gasteiger partial charge in [0.05, 0.1) is 5.71 Å². The van der Waals surface area contributed by atoms with E-state index < -0.39 is 0 Å². The van der Waals surface area contributed by atoms with Gasteiger partial charge in [-0.2, -0.15) is 5.10 Å². The van der Waals surface area contributed by atoms with Gasteiger partial charge >= 0.3 is 0 Å². The highest BCUT2D eigenvalue weighted by atomic mass is 32.1. The zero-order valence-electron chi connectivity index (χ0n) is 9.25. The lowest BCUT2D eigenvalue weighted by Crippen LogP contribution is -2.32. The van der Waals surface area contributed by atoms with Crippen LogP contribution in [0.3, 0.4) is 0 Å². The van der Waals surface area contributed by atoms with Crippen LogP contribution in [0.25, 0.3) is 0 Å². The van der Waals surface area contributed by atoms with E-state index in [0.717, 1.165) is 6.54 Å². The summed E-state index contributed by atoms with van der Waals surface area (Å²) in [7, 11) is 0. The minimum absolute atomic E-state index is 0.292. The molecule has 1 rings (SSSR count). The average Bonchev–Trinajstić information content (AvgIpc) is 2.27. The fourth-order valence-electron chi connectivity index (χ4n) is 1.15. The molecule has 0 saturated heterocycles. The van der Waals surface area contributed by atoms with Gasteiger partial charge in [0.15, 0.2) is 5.11 Å². The van der Waals surface area contributed by atoms with E-state index in [0.29, 0.717) is 16.4 Å². The minimum Gasteiger partial charge on any atom is -0.362 e. The number of hydrogen-bond donors (Lipinski definition) is 2. The molecular weight excluding hydrogens is 225 g/mol. The maximum atomic E-state index is 13.4. The molecule has 0 fully saturated rings. The number of nitrogens with zero attached hydrogens (tertiary/aromatic N) is 1. The van der Waals surface area contributed by atoms with Gasteiger partial charge in [0.1, 0.15) is 5.82 Å². The third kappa shape index (κ3) is 3.58. The van der Waals surface area contributed by atoms with Crippen molar-refractivity contribution in [2.24, 2.45) is 5.10 Å². The summed E-state index contributed by atoms with van der Waals surface area (Å²) in [5.41, 5.74) is 3.67. The Morgan fingerprint density at radius 3 is 2.75 bits per heavy atom. The van der Waals surface area contributed by atoms with Crippen LogP contribution in [0, 0.1) is 5.82 Å². The summed E-state index contributed by atoms with van der Waals surface area (Å²) >= 11 is 4.93. The van der Waals surface area contributed by atoms with Crippen LogP contribution in [0.2, 0.25) is 0 Å². The van der Waals surface area contributed by atoms with E-state index >= 15 is 0 Å². The second-order valence-electron chi connectivity index (χ2n) is 3.15. The van der Waals surface area contributed by atoms with Gasteiger partial charge in [-0.15, -0.1) is 0 Å². The van der Waals surface area contributed by atoms with Crippen molar-refractivity contribution in [1.29, 1.82) is 0 Å². The predicted molar refractivity (Wildman–Crippen MR) is 68.0 cm³/mol. The van der Waals surface area contributed by atoms with Crippen molar-refractivity contribution < 1.29 is 4.39 Å². The zero-order valence-corrected chi connectivity index (χ0v) is 10.1. The van der Waals surface area contributed by atoms with Crippen LogP contribution in [0.4, 0.5) is 4.39 Å². The highest BCUT2D eigenvalue weighted by molar-refractivity contribution is 7.80. The SMILES string of the molecule is CCNC(=S)N/N=C(/C)c1ccccc1F. The number of halogens is 1. The zero-order chi connectivity index (χ0) is 12.0. The molecule has 0 aliphatic heterocycles. The average molecular weight is 239 g/mol. The normalized spacial score (nSPS) is 11.1. The summed E-state index contributed by atoms with van der Waals surface area (Å²) in [5.74, 6) is -0.292. The van der Waals surface area contributed by atoms with Crippen molar-refractivity contribution in [2.45, 2.75) is 13.8 Å². The van der Waals surface area contributed by atoms with Gasteiger partial charge in [-0.3, -0.25) is 5.43 Å². The molecule has 3 nitrogen and oxygen atoms in total. The molecule has 0 radical (unpaired) electrons. The van der Waals surface area contributed by atoms with Crippen LogP contribution in [0.5, 0.6) is 0 Å². The largest absolute Gasteiger partial charge is 0.362 e. The first kappa shape index (κ1) is 12.6. The molecule has 0 spiro atoms. The first-order valence-corrected chi connectivity index (χ1v) is 5.39. The number of rotatable bonds is 3. The van der Waals surface area contributed by atoms with Gasteiger partial charge in [0.25, 0.3) is 0 Å². The van der Waals surface area contributed by atoms with E-state index in [-0.39, 0.29) is 5.82 Å². The first-order valence-electron chi connectivity index (χ1n) is 4.98. The smallest absolute Gasteiger partial charge is 0.186 e. The van der Waals surface area contributed by atoms with E-state index in [1.165, 1.54) is 6.07 Å². The van der Waals surface area contributed by atoms with Crippen molar-refractivity contribution in [3.63, 3.8) is 0 Å². The fraction of sp³-hybridized carbons (Fsp3) is 0.273. The Hall–Kier alpha value is -1.49. The Kier molecular flexibility index (Phi) is 4.85. The van der Waals surface area contributed by atoms with E-state index in [4.69, 9.17) is 12.2 Å². The topological polar surface area (TPSA) is 36.4 Å². The van der Waals surface area contributed by atoms with Gasteiger partial charge in [0.2, 0.25) is 0 Å². The van der Waals surface area contributed by atoms with Crippen LogP contribution in [0.15, 0.2) is 29.4 Å². The molecule has 0 amide bonds. The molecule has 0 heterocycles. The summed E-state index contributed by atoms with van der Waals surface area (Å²) in [6, 6.07) is 6.48. The fourth-order valence-corrected chi connectivity index (χ4v) is 1.34. The summed E-state index contributed by atoms with van der Waals surface area (Å²) < 4.78 is 13.4. The third-order valence-corrected chi connectivity index (χ3v) is 2.16. The lowest BCUT2D eigenvalue weighted by molar-refractivity contribution is 0.625. The molecule has 0 bridgehead atoms. The van der Waals surface area contributed by atoms with E-state index in [2.05, 4.69) is 15.8 Å². The maximum Gasteiger partial charge on any atom is 0.186 e. The van der Waals surface area contributed by atoms with E-state index in [1.54, 1.807) is 25.1 Å². The van der Waals surface area contributed by atoms with Crippen LogP contribution < -0.4 is 10.7 Å². The Labute approximate surface area is 99.7 Å². The Morgan fingerprint density at radius 2 is 2.12 bits per heavy atom. The predicted octanol–water partition coefficient (Wildman–Crippen LogP) is 2.03. The van der Waals surface area contributed by atoms with Crippen molar-refractivity contribution in [3.05, 3.63) is 35.6 Å². The van der Waals surface area contributed by atoms with Gasteiger partial charge in [0, 0.05) is 12.1 Å². The second kappa shape index (κ2) is 6.17. The van der Waals surface area contributed by atoms with Gasteiger partial charge in [-0.05, 0) is 32.1 Å². The quantitative estimate of drug-likeness (QED) is 0.481. The monoisotopic (exact) mass is 239 g/mol. The number of benzene rings is 1. The molecule has 16 heavy (non-hydrogen) atoms. The summed E-state index contributed by atoms with van der Waals surface area (Å²) in [6.45, 7) is 4.38. The summed E-state index contributed by atoms with van der Waals surface area (Å²) in [4.78, 5) is 0. The molecular formula is C11H14FN3S. The standard InChI is InChI=1S/C11H14FN3S/c1-3-13-11(16)15-14-8(2)9-6-4-5-7-10(9)12/h4-7H,3H2,1-2H3,(H2,13,15,16)/b14-8-. The summed E-state index contributed by atoms with van der Waals surface area (Å²) in [6.07, 6.45) is 0. The van der Waals surface area contributed by atoms with Crippen LogP contribution in [-0.2, 0) is 0 Å². The maximum absolute atomic E-state index is 13.4. The van der Waals surface area contributed by atoms with Gasteiger partial charge in [-0.25, -0.2) is 4.39 Å². The van der Waals surface area contributed by atoms with Crippen molar-refractivity contribution in [1.82, 2.24) is 10.7 Å². The molecule has 5 heteroatoms. The highest BCUT2D eigenvalue weighted by Crippen LogP contribution is 2.07. The van der Waals surface area contributed by atoms with Gasteiger partial charge in [-0.1, -0.05) is 18.2 Å². The van der Waals surface area contributed by atoms with Crippen molar-refractivity contribution in [3.8, 4) is 0 Å². The van der Waals surface area contributed by atoms with Crippen molar-refractivity contribution >= 4 is 23.0 Å². The molecule has 0 aliphatic rings. The molecule has 0 unspecified atom stereocenters. The second-order valence-corrected chi connectivity index (χ2v) is 3.56. The molecule has 0 aliphatic carbocycles. The van der Waals surface area contributed by atoms with Gasteiger partial charge < -0.3 is 5.32 Å². The minimum atomic E-state index is -0.292. The Bertz CT molecular complexity index is 404. The number of hydrogen-bond acceptors (Lipinski definition) is 2. The van der Waals surface area contributed by atoms with Crippen LogP contribution >= 0.6 is 12.2 Å².